The van der Waals surface area contributed by atoms with Crippen LogP contribution in [0, 0.1) is 13.8 Å². The maximum Gasteiger partial charge on any atom is 0.222 e. The number of nitrogens with two attached hydrogens (primary N) is 1. The lowest BCUT2D eigenvalue weighted by molar-refractivity contribution is 0.344. The van der Waals surface area contributed by atoms with Crippen LogP contribution in [-0.4, -0.2) is 16.6 Å². The Labute approximate surface area is 77.5 Å². The number of aromatic nitrogens is 2. The van der Waals surface area contributed by atoms with Gasteiger partial charge in [-0.3, -0.25) is 0 Å². The van der Waals surface area contributed by atoms with Gasteiger partial charge in [-0.2, -0.15) is 4.98 Å². The van der Waals surface area contributed by atoms with Crippen LogP contribution in [0.2, 0.25) is 0 Å². The molecule has 4 nitrogen and oxygen atoms in total. The summed E-state index contributed by atoms with van der Waals surface area (Å²) in [6, 6.07) is 0. The highest BCUT2D eigenvalue weighted by Crippen LogP contribution is 2.18. The average molecular weight is 179 g/mol. The summed E-state index contributed by atoms with van der Waals surface area (Å²) in [5.41, 5.74) is 6.41. The molecule has 0 aliphatic carbocycles. The molecule has 2 N–H and O–H groups in total. The number of anilines is 1. The normalized spacial score (nSPS) is 9.69. The van der Waals surface area contributed by atoms with E-state index < -0.39 is 0 Å². The van der Waals surface area contributed by atoms with Gasteiger partial charge in [-0.25, -0.2) is 4.98 Å². The van der Waals surface area contributed by atoms with Crippen molar-refractivity contribution in [3.63, 3.8) is 0 Å². The summed E-state index contributed by atoms with van der Waals surface area (Å²) in [5.74, 6) is 1.61. The third-order valence-electron chi connectivity index (χ3n) is 1.59. The maximum atomic E-state index is 5.64. The van der Waals surface area contributed by atoms with E-state index in [1.54, 1.807) is 13.0 Å². The number of ether oxygens (including phenoxy) is 1. The van der Waals surface area contributed by atoms with Gasteiger partial charge in [-0.15, -0.1) is 0 Å². The smallest absolute Gasteiger partial charge is 0.222 e. The molecule has 1 aromatic rings. The van der Waals surface area contributed by atoms with E-state index in [2.05, 4.69) is 16.5 Å². The second-order valence-electron chi connectivity index (χ2n) is 2.69. The van der Waals surface area contributed by atoms with Crippen molar-refractivity contribution < 1.29 is 4.74 Å². The molecule has 0 aliphatic rings. The van der Waals surface area contributed by atoms with E-state index >= 15 is 0 Å². The molecule has 0 bridgehead atoms. The Kier molecular flexibility index (Phi) is 2.84. The number of hydrogen-bond acceptors (Lipinski definition) is 4. The second-order valence-corrected chi connectivity index (χ2v) is 2.69. The van der Waals surface area contributed by atoms with Crippen molar-refractivity contribution in [2.24, 2.45) is 0 Å². The van der Waals surface area contributed by atoms with E-state index in [0.717, 1.165) is 5.56 Å². The fourth-order valence-corrected chi connectivity index (χ4v) is 0.902. The van der Waals surface area contributed by atoms with Gasteiger partial charge in [-0.05, 0) is 13.8 Å². The van der Waals surface area contributed by atoms with Crippen molar-refractivity contribution in [2.75, 3.05) is 12.3 Å². The highest BCUT2D eigenvalue weighted by Gasteiger charge is 2.06. The minimum atomic E-state index is 0.427. The van der Waals surface area contributed by atoms with Crippen LogP contribution in [0.1, 0.15) is 11.4 Å². The minimum Gasteiger partial charge on any atom is -0.473 e. The third kappa shape index (κ3) is 2.18. The molecule has 0 saturated heterocycles. The third-order valence-corrected chi connectivity index (χ3v) is 1.59. The van der Waals surface area contributed by atoms with Crippen molar-refractivity contribution in [3.05, 3.63) is 24.0 Å². The fraction of sp³-hybridized carbons (Fsp3) is 0.333. The number of nitrogen functional groups attached to an aromatic ring is 1. The number of rotatable bonds is 3. The molecule has 1 heterocycles. The largest absolute Gasteiger partial charge is 0.473 e. The molecule has 0 amide bonds. The Balaban J connectivity index is 2.98. The Morgan fingerprint density at radius 1 is 1.46 bits per heavy atom. The molecule has 1 rings (SSSR count). The first-order valence-corrected chi connectivity index (χ1v) is 3.99. The minimum absolute atomic E-state index is 0.427. The van der Waals surface area contributed by atoms with Gasteiger partial charge in [0.15, 0.2) is 0 Å². The van der Waals surface area contributed by atoms with E-state index in [0.29, 0.717) is 24.1 Å². The van der Waals surface area contributed by atoms with Crippen molar-refractivity contribution in [3.8, 4) is 5.88 Å². The zero-order valence-corrected chi connectivity index (χ0v) is 7.87. The molecule has 0 aliphatic heterocycles. The molecule has 0 radical (unpaired) electrons. The summed E-state index contributed by atoms with van der Waals surface area (Å²) < 4.78 is 5.30. The molecular weight excluding hydrogens is 166 g/mol. The lowest BCUT2D eigenvalue weighted by Crippen LogP contribution is -2.04. The van der Waals surface area contributed by atoms with Gasteiger partial charge in [-0.1, -0.05) is 12.7 Å². The van der Waals surface area contributed by atoms with Crippen molar-refractivity contribution in [1.29, 1.82) is 0 Å². The quantitative estimate of drug-likeness (QED) is 0.709. The summed E-state index contributed by atoms with van der Waals surface area (Å²) in [6.07, 6.45) is 1.66. The average Bonchev–Trinajstić information content (AvgIpc) is 2.09. The first kappa shape index (κ1) is 9.51. The molecule has 1 aromatic heterocycles. The van der Waals surface area contributed by atoms with Gasteiger partial charge in [0.05, 0.1) is 5.56 Å². The van der Waals surface area contributed by atoms with E-state index in [1.165, 1.54) is 0 Å². The Morgan fingerprint density at radius 2 is 2.15 bits per heavy atom. The summed E-state index contributed by atoms with van der Waals surface area (Å²) in [5, 5.41) is 0. The maximum absolute atomic E-state index is 5.64. The molecule has 0 unspecified atom stereocenters. The topological polar surface area (TPSA) is 61.0 Å². The van der Waals surface area contributed by atoms with Crippen LogP contribution in [0.5, 0.6) is 5.88 Å². The standard InChI is InChI=1S/C9H13N3O/c1-4-5-13-9-6(2)8(10)11-7(3)12-9/h4H,1,5H2,2-3H3,(H2,10,11,12). The molecule has 0 aromatic carbocycles. The Hall–Kier alpha value is -1.58. The van der Waals surface area contributed by atoms with E-state index in [4.69, 9.17) is 10.5 Å². The van der Waals surface area contributed by atoms with Gasteiger partial charge >= 0.3 is 0 Å². The first-order chi connectivity index (χ1) is 6.15. The predicted octanol–water partition coefficient (Wildman–Crippen LogP) is 1.24. The first-order valence-electron chi connectivity index (χ1n) is 3.99. The number of aryl methyl sites for hydroxylation is 1. The summed E-state index contributed by atoms with van der Waals surface area (Å²) in [4.78, 5) is 8.11. The molecule has 0 spiro atoms. The molecule has 0 saturated carbocycles. The lowest BCUT2D eigenvalue weighted by Gasteiger charge is -2.07. The highest BCUT2D eigenvalue weighted by atomic mass is 16.5. The van der Waals surface area contributed by atoms with Crippen molar-refractivity contribution >= 4 is 5.82 Å². The molecule has 0 fully saturated rings. The summed E-state index contributed by atoms with van der Waals surface area (Å²) in [6.45, 7) is 7.58. The number of nitrogens with zero attached hydrogens (tertiary/aromatic N) is 2. The van der Waals surface area contributed by atoms with Crippen LogP contribution in [0.25, 0.3) is 0 Å². The molecule has 4 heteroatoms. The van der Waals surface area contributed by atoms with Gasteiger partial charge in [0.25, 0.3) is 0 Å². The number of hydrogen-bond donors (Lipinski definition) is 1. The van der Waals surface area contributed by atoms with Crippen LogP contribution in [-0.2, 0) is 0 Å². The van der Waals surface area contributed by atoms with Crippen LogP contribution >= 0.6 is 0 Å². The zero-order chi connectivity index (χ0) is 9.84. The van der Waals surface area contributed by atoms with Gasteiger partial charge in [0.1, 0.15) is 18.2 Å². The summed E-state index contributed by atoms with van der Waals surface area (Å²) >= 11 is 0. The SMILES string of the molecule is C=CCOc1nc(C)nc(N)c1C. The van der Waals surface area contributed by atoms with Gasteiger partial charge in [0.2, 0.25) is 5.88 Å². The van der Waals surface area contributed by atoms with Crippen molar-refractivity contribution in [2.45, 2.75) is 13.8 Å². The van der Waals surface area contributed by atoms with Crippen LogP contribution in [0.3, 0.4) is 0 Å². The Bertz CT molecular complexity index is 323. The lowest BCUT2D eigenvalue weighted by atomic mass is 10.3. The molecule has 70 valence electrons. The molecule has 0 atom stereocenters. The van der Waals surface area contributed by atoms with Gasteiger partial charge < -0.3 is 10.5 Å². The second kappa shape index (κ2) is 3.89. The van der Waals surface area contributed by atoms with E-state index in [-0.39, 0.29) is 0 Å². The Morgan fingerprint density at radius 3 is 2.77 bits per heavy atom. The molecular formula is C9H13N3O. The van der Waals surface area contributed by atoms with Crippen LogP contribution in [0.15, 0.2) is 12.7 Å². The van der Waals surface area contributed by atoms with E-state index in [9.17, 15) is 0 Å². The van der Waals surface area contributed by atoms with Crippen molar-refractivity contribution in [1.82, 2.24) is 9.97 Å². The highest BCUT2D eigenvalue weighted by molar-refractivity contribution is 5.44. The van der Waals surface area contributed by atoms with Crippen LogP contribution in [0.4, 0.5) is 5.82 Å². The van der Waals surface area contributed by atoms with Crippen LogP contribution < -0.4 is 10.5 Å². The fourth-order valence-electron chi connectivity index (χ4n) is 0.902. The zero-order valence-electron chi connectivity index (χ0n) is 7.87. The summed E-state index contributed by atoms with van der Waals surface area (Å²) in [7, 11) is 0. The monoisotopic (exact) mass is 179 g/mol. The van der Waals surface area contributed by atoms with Gasteiger partial charge in [0, 0.05) is 0 Å². The predicted molar refractivity (Wildman–Crippen MR) is 51.6 cm³/mol. The molecule has 13 heavy (non-hydrogen) atoms. The van der Waals surface area contributed by atoms with E-state index in [1.807, 2.05) is 6.92 Å².